The molecule has 1 fully saturated rings. The Kier molecular flexibility index (Phi) is 3.34. The first-order chi connectivity index (χ1) is 12.9. The number of benzene rings is 4. The van der Waals surface area contributed by atoms with Crippen LogP contribution in [0.5, 0.6) is 0 Å². The number of rotatable bonds is 1. The number of hydrogen-bond donors (Lipinski definition) is 0. The Morgan fingerprint density at radius 1 is 0.556 bits per heavy atom. The van der Waals surface area contributed by atoms with Gasteiger partial charge in [-0.25, -0.2) is 9.68 Å². The summed E-state index contributed by atoms with van der Waals surface area (Å²) < 4.78 is 0. The van der Waals surface area contributed by atoms with Crippen LogP contribution in [-0.2, 0) is 9.68 Å². The van der Waals surface area contributed by atoms with Crippen LogP contribution < -0.4 is 5.23 Å². The number of fused-ring (bicyclic) bond motifs is 6. The molecule has 0 aromatic heterocycles. The maximum absolute atomic E-state index is 6.11. The molecule has 1 saturated heterocycles. The van der Waals surface area contributed by atoms with E-state index in [0.717, 1.165) is 5.69 Å². The van der Waals surface area contributed by atoms with Gasteiger partial charge in [0.05, 0.1) is 5.69 Å². The Morgan fingerprint density at radius 3 is 1.44 bits per heavy atom. The predicted molar refractivity (Wildman–Crippen MR) is 112 cm³/mol. The normalized spacial score (nSPS) is 18.6. The van der Waals surface area contributed by atoms with Gasteiger partial charge < -0.3 is 0 Å². The van der Waals surface area contributed by atoms with Crippen molar-refractivity contribution in [1.29, 1.82) is 0 Å². The van der Waals surface area contributed by atoms with Crippen LogP contribution in [0.2, 0.25) is 0 Å². The van der Waals surface area contributed by atoms with Gasteiger partial charge in [-0.2, -0.15) is 0 Å². The third-order valence-corrected chi connectivity index (χ3v) is 6.01. The van der Waals surface area contributed by atoms with Crippen molar-refractivity contribution in [3.05, 3.63) is 66.7 Å². The van der Waals surface area contributed by atoms with Gasteiger partial charge in [0.2, 0.25) is 0 Å². The topological polar surface area (TPSA) is 21.7 Å². The van der Waals surface area contributed by atoms with Crippen molar-refractivity contribution in [3.63, 3.8) is 0 Å². The molecule has 5 rings (SSSR count). The molecule has 0 atom stereocenters. The van der Waals surface area contributed by atoms with Gasteiger partial charge in [-0.15, -0.1) is 5.23 Å². The Balaban J connectivity index is 1.78. The van der Waals surface area contributed by atoms with Crippen molar-refractivity contribution in [1.82, 2.24) is 0 Å². The zero-order chi connectivity index (χ0) is 18.8. The van der Waals surface area contributed by atoms with Gasteiger partial charge in [0.15, 0.2) is 0 Å². The van der Waals surface area contributed by atoms with Crippen LogP contribution in [0, 0.1) is 0 Å². The molecule has 3 nitrogen and oxygen atoms in total. The van der Waals surface area contributed by atoms with E-state index >= 15 is 0 Å². The summed E-state index contributed by atoms with van der Waals surface area (Å²) in [6.07, 6.45) is 0. The van der Waals surface area contributed by atoms with Crippen molar-refractivity contribution < 1.29 is 9.68 Å². The summed E-state index contributed by atoms with van der Waals surface area (Å²) in [7, 11) is 0. The molecule has 0 saturated carbocycles. The van der Waals surface area contributed by atoms with Gasteiger partial charge in [-0.05, 0) is 72.1 Å². The van der Waals surface area contributed by atoms with Gasteiger partial charge in [0.25, 0.3) is 0 Å². The minimum absolute atomic E-state index is 0.409. The van der Waals surface area contributed by atoms with Crippen molar-refractivity contribution in [2.75, 3.05) is 5.23 Å². The van der Waals surface area contributed by atoms with E-state index in [-0.39, 0.29) is 0 Å². The molecule has 136 valence electrons. The number of hydrogen-bond acceptors (Lipinski definition) is 3. The first-order valence-corrected chi connectivity index (χ1v) is 9.39. The zero-order valence-electron chi connectivity index (χ0n) is 16.1. The molecule has 0 N–H and O–H groups in total. The molecule has 1 aliphatic heterocycles. The lowest BCUT2D eigenvalue weighted by molar-refractivity contribution is -0.0272. The molecule has 27 heavy (non-hydrogen) atoms. The minimum Gasteiger partial charge on any atom is -0.239 e. The molecule has 1 aliphatic rings. The summed E-state index contributed by atoms with van der Waals surface area (Å²) in [5.41, 5.74) is 0.0856. The van der Waals surface area contributed by atoms with Crippen LogP contribution in [0.3, 0.4) is 0 Å². The molecular formula is C24H23NO2. The van der Waals surface area contributed by atoms with E-state index in [0.29, 0.717) is 0 Å². The number of nitrogens with zero attached hydrogens (tertiary/aromatic N) is 1. The third-order valence-electron chi connectivity index (χ3n) is 6.01. The van der Waals surface area contributed by atoms with Crippen LogP contribution in [0.1, 0.15) is 27.7 Å². The molecule has 3 heteroatoms. The Hall–Kier alpha value is -2.62. The fourth-order valence-corrected chi connectivity index (χ4v) is 3.77. The highest BCUT2D eigenvalue weighted by Gasteiger charge is 2.50. The van der Waals surface area contributed by atoms with E-state index in [2.05, 4.69) is 94.4 Å². The SMILES string of the molecule is CC1(C)ON(c2ccc3c4ccccc4c4ccccc4c3c2)OC1(C)C. The summed E-state index contributed by atoms with van der Waals surface area (Å²) in [5, 5.41) is 9.07. The molecule has 1 heterocycles. The smallest absolute Gasteiger partial charge is 0.124 e. The highest BCUT2D eigenvalue weighted by Crippen LogP contribution is 2.42. The fourth-order valence-electron chi connectivity index (χ4n) is 3.77. The summed E-state index contributed by atoms with van der Waals surface area (Å²) >= 11 is 0. The highest BCUT2D eigenvalue weighted by atomic mass is 17.0. The minimum atomic E-state index is -0.409. The lowest BCUT2D eigenvalue weighted by Crippen LogP contribution is -2.41. The monoisotopic (exact) mass is 357 g/mol. The highest BCUT2D eigenvalue weighted by molar-refractivity contribution is 6.25. The van der Waals surface area contributed by atoms with Gasteiger partial charge >= 0.3 is 0 Å². The van der Waals surface area contributed by atoms with Crippen LogP contribution in [0.25, 0.3) is 32.3 Å². The Morgan fingerprint density at radius 2 is 0.963 bits per heavy atom. The quantitative estimate of drug-likeness (QED) is 0.369. The van der Waals surface area contributed by atoms with Crippen LogP contribution >= 0.6 is 0 Å². The molecule has 0 unspecified atom stereocenters. The van der Waals surface area contributed by atoms with Gasteiger partial charge in [0.1, 0.15) is 11.2 Å². The Bertz CT molecular complexity index is 1140. The van der Waals surface area contributed by atoms with E-state index in [1.165, 1.54) is 32.3 Å². The molecule has 4 aromatic carbocycles. The average molecular weight is 357 g/mol. The van der Waals surface area contributed by atoms with Crippen molar-refractivity contribution in [2.24, 2.45) is 0 Å². The molecule has 0 amide bonds. The summed E-state index contributed by atoms with van der Waals surface area (Å²) in [4.78, 5) is 12.2. The van der Waals surface area contributed by atoms with E-state index in [1.807, 2.05) is 0 Å². The fraction of sp³-hybridized carbons (Fsp3) is 0.250. The van der Waals surface area contributed by atoms with E-state index in [9.17, 15) is 0 Å². The summed E-state index contributed by atoms with van der Waals surface area (Å²) in [6, 6.07) is 23.6. The first-order valence-electron chi connectivity index (χ1n) is 9.39. The van der Waals surface area contributed by atoms with Gasteiger partial charge in [-0.3, -0.25) is 0 Å². The molecule has 4 aromatic rings. The maximum atomic E-state index is 6.11. The maximum Gasteiger partial charge on any atom is 0.124 e. The summed E-state index contributed by atoms with van der Waals surface area (Å²) in [6.45, 7) is 8.21. The number of anilines is 1. The first kappa shape index (κ1) is 16.5. The second kappa shape index (κ2) is 5.44. The largest absolute Gasteiger partial charge is 0.239 e. The lowest BCUT2D eigenvalue weighted by Gasteiger charge is -2.26. The zero-order valence-corrected chi connectivity index (χ0v) is 16.1. The summed E-state index contributed by atoms with van der Waals surface area (Å²) in [5.74, 6) is 0. The van der Waals surface area contributed by atoms with E-state index in [4.69, 9.17) is 9.68 Å². The second-order valence-electron chi connectivity index (χ2n) is 8.28. The molecule has 0 aliphatic carbocycles. The van der Waals surface area contributed by atoms with Crippen molar-refractivity contribution in [2.45, 2.75) is 38.9 Å². The average Bonchev–Trinajstić information content (AvgIpc) is 2.89. The second-order valence-corrected chi connectivity index (χ2v) is 8.28. The standard InChI is InChI=1S/C24H23NO2/c1-23(2)24(3,4)27-25(26-23)16-13-14-21-19-11-6-5-9-17(19)18-10-7-8-12-20(18)22(21)15-16/h5-15H,1-4H3. The van der Waals surface area contributed by atoms with E-state index in [1.54, 1.807) is 5.23 Å². The predicted octanol–water partition coefficient (Wildman–Crippen LogP) is 6.39. The Labute approximate surface area is 159 Å². The van der Waals surface area contributed by atoms with Crippen LogP contribution in [0.15, 0.2) is 66.7 Å². The van der Waals surface area contributed by atoms with Crippen LogP contribution in [0.4, 0.5) is 5.69 Å². The van der Waals surface area contributed by atoms with Crippen LogP contribution in [-0.4, -0.2) is 11.2 Å². The molecular weight excluding hydrogens is 334 g/mol. The van der Waals surface area contributed by atoms with E-state index < -0.39 is 11.2 Å². The van der Waals surface area contributed by atoms with Gasteiger partial charge in [0, 0.05) is 0 Å². The molecule has 0 bridgehead atoms. The van der Waals surface area contributed by atoms with Gasteiger partial charge in [-0.1, -0.05) is 54.6 Å². The molecule has 0 spiro atoms. The third kappa shape index (κ3) is 2.35. The molecule has 0 radical (unpaired) electrons. The van der Waals surface area contributed by atoms with Crippen molar-refractivity contribution in [3.8, 4) is 0 Å². The van der Waals surface area contributed by atoms with Crippen molar-refractivity contribution >= 4 is 38.0 Å². The lowest BCUT2D eigenvalue weighted by atomic mass is 9.90.